The number of piperazine rings is 1. The minimum absolute atomic E-state index is 1.03. The first kappa shape index (κ1) is 26.0. The van der Waals surface area contributed by atoms with Crippen LogP contribution in [0.15, 0.2) is 121 Å². The van der Waals surface area contributed by atoms with Crippen LogP contribution in [-0.4, -0.2) is 62.2 Å². The molecule has 4 aromatic rings. The molecule has 0 aliphatic carbocycles. The Balaban J connectivity index is 1.07. The Morgan fingerprint density at radius 1 is 0.395 bits per heavy atom. The summed E-state index contributed by atoms with van der Waals surface area (Å²) in [7, 11) is 0. The Kier molecular flexibility index (Phi) is 9.45. The lowest BCUT2D eigenvalue weighted by Gasteiger charge is -2.35. The normalized spacial score (nSPS) is 14.3. The number of nitrogens with zero attached hydrogens (tertiary/aromatic N) is 4. The number of hydrogen-bond acceptors (Lipinski definition) is 4. The van der Waals surface area contributed by atoms with E-state index in [-0.39, 0.29) is 0 Å². The van der Waals surface area contributed by atoms with Crippen molar-refractivity contribution in [3.63, 3.8) is 0 Å². The molecule has 5 rings (SSSR count). The summed E-state index contributed by atoms with van der Waals surface area (Å²) in [5.41, 5.74) is 5.07. The fourth-order valence-corrected chi connectivity index (χ4v) is 5.39. The van der Waals surface area contributed by atoms with Crippen molar-refractivity contribution in [3.8, 4) is 0 Å². The van der Waals surface area contributed by atoms with Gasteiger partial charge in [0.05, 0.1) is 0 Å². The van der Waals surface area contributed by atoms with Gasteiger partial charge in [0.25, 0.3) is 0 Å². The van der Waals surface area contributed by atoms with Crippen molar-refractivity contribution in [1.29, 1.82) is 0 Å². The van der Waals surface area contributed by atoms with Crippen LogP contribution < -0.4 is 9.80 Å². The van der Waals surface area contributed by atoms with Crippen LogP contribution in [0.3, 0.4) is 0 Å². The summed E-state index contributed by atoms with van der Waals surface area (Å²) >= 11 is 0. The summed E-state index contributed by atoms with van der Waals surface area (Å²) in [5.74, 6) is 0. The van der Waals surface area contributed by atoms with Gasteiger partial charge >= 0.3 is 0 Å². The zero-order valence-electron chi connectivity index (χ0n) is 22.4. The predicted octanol–water partition coefficient (Wildman–Crippen LogP) is 7.06. The van der Waals surface area contributed by atoms with E-state index in [2.05, 4.69) is 141 Å². The van der Waals surface area contributed by atoms with Crippen LogP contribution >= 0.6 is 0 Å². The average Bonchev–Trinajstić information content (AvgIpc) is 3.00. The minimum Gasteiger partial charge on any atom is -0.341 e. The first-order valence-electron chi connectivity index (χ1n) is 14.1. The second-order valence-corrected chi connectivity index (χ2v) is 10.0. The molecule has 196 valence electrons. The van der Waals surface area contributed by atoms with E-state index in [1.54, 1.807) is 0 Å². The molecular formula is C34H40N4. The third-order valence-corrected chi connectivity index (χ3v) is 7.45. The molecule has 1 saturated heterocycles. The van der Waals surface area contributed by atoms with Gasteiger partial charge in [-0.3, -0.25) is 0 Å². The molecule has 38 heavy (non-hydrogen) atoms. The molecule has 4 nitrogen and oxygen atoms in total. The third-order valence-electron chi connectivity index (χ3n) is 7.45. The fourth-order valence-electron chi connectivity index (χ4n) is 5.39. The summed E-state index contributed by atoms with van der Waals surface area (Å²) in [4.78, 5) is 10.2. The largest absolute Gasteiger partial charge is 0.341 e. The first-order chi connectivity index (χ1) is 18.9. The van der Waals surface area contributed by atoms with Gasteiger partial charge < -0.3 is 19.6 Å². The molecule has 1 fully saturated rings. The Bertz CT molecular complexity index is 1000. The standard InChI is InChI=1S/C34H40N4/c1-5-15-31(16-6-1)37(32-17-7-2-8-18-32)25-13-23-35-27-29-36(30-28-35)24-14-26-38(33-19-9-3-10-20-33)34-21-11-4-12-22-34/h1-12,15-22H,13-14,23-30H2. The van der Waals surface area contributed by atoms with E-state index in [1.807, 2.05) is 0 Å². The molecule has 0 aromatic heterocycles. The van der Waals surface area contributed by atoms with E-state index in [1.165, 1.54) is 22.7 Å². The van der Waals surface area contributed by atoms with Crippen LogP contribution in [0.25, 0.3) is 0 Å². The lowest BCUT2D eigenvalue weighted by molar-refractivity contribution is 0.131. The fraction of sp³-hybridized carbons (Fsp3) is 0.294. The number of anilines is 4. The van der Waals surface area contributed by atoms with Crippen molar-refractivity contribution in [3.05, 3.63) is 121 Å². The molecule has 0 saturated carbocycles. The highest BCUT2D eigenvalue weighted by molar-refractivity contribution is 5.63. The molecule has 4 aromatic carbocycles. The minimum atomic E-state index is 1.03. The van der Waals surface area contributed by atoms with Gasteiger partial charge in [0.15, 0.2) is 0 Å². The SMILES string of the molecule is c1ccc(N(CCCN2CCN(CCCN(c3ccccc3)c3ccccc3)CC2)c2ccccc2)cc1. The molecule has 0 amide bonds. The Morgan fingerprint density at radius 3 is 0.921 bits per heavy atom. The van der Waals surface area contributed by atoms with Crippen molar-refractivity contribution in [1.82, 2.24) is 9.80 Å². The maximum atomic E-state index is 2.64. The van der Waals surface area contributed by atoms with E-state index in [9.17, 15) is 0 Å². The van der Waals surface area contributed by atoms with Crippen molar-refractivity contribution in [2.45, 2.75) is 12.8 Å². The van der Waals surface area contributed by atoms with Crippen molar-refractivity contribution in [2.24, 2.45) is 0 Å². The molecule has 0 N–H and O–H groups in total. The van der Waals surface area contributed by atoms with Gasteiger partial charge in [0, 0.05) is 62.0 Å². The van der Waals surface area contributed by atoms with E-state index >= 15 is 0 Å². The Morgan fingerprint density at radius 2 is 0.658 bits per heavy atom. The maximum absolute atomic E-state index is 2.64. The van der Waals surface area contributed by atoms with Crippen molar-refractivity contribution >= 4 is 22.7 Å². The molecule has 0 bridgehead atoms. The second-order valence-electron chi connectivity index (χ2n) is 10.0. The predicted molar refractivity (Wildman–Crippen MR) is 162 cm³/mol. The van der Waals surface area contributed by atoms with Crippen LogP contribution in [0.5, 0.6) is 0 Å². The molecule has 1 heterocycles. The summed E-state index contributed by atoms with van der Waals surface area (Å²) < 4.78 is 0. The summed E-state index contributed by atoms with van der Waals surface area (Å²) in [6.07, 6.45) is 2.32. The molecule has 1 aliphatic heterocycles. The Hall–Kier alpha value is -3.60. The van der Waals surface area contributed by atoms with Crippen LogP contribution in [0.1, 0.15) is 12.8 Å². The maximum Gasteiger partial charge on any atom is 0.0410 e. The zero-order valence-corrected chi connectivity index (χ0v) is 22.4. The molecule has 0 unspecified atom stereocenters. The van der Waals surface area contributed by atoms with Crippen LogP contribution in [0.2, 0.25) is 0 Å². The summed E-state index contributed by atoms with van der Waals surface area (Å²) in [6, 6.07) is 43.1. The smallest absolute Gasteiger partial charge is 0.0410 e. The topological polar surface area (TPSA) is 13.0 Å². The van der Waals surface area contributed by atoms with E-state index in [0.717, 1.165) is 65.2 Å². The monoisotopic (exact) mass is 504 g/mol. The van der Waals surface area contributed by atoms with Crippen LogP contribution in [0, 0.1) is 0 Å². The number of rotatable bonds is 12. The average molecular weight is 505 g/mol. The molecule has 1 aliphatic rings. The summed E-state index contributed by atoms with van der Waals surface area (Å²) in [5, 5.41) is 0. The van der Waals surface area contributed by atoms with E-state index in [0.29, 0.717) is 0 Å². The second kappa shape index (κ2) is 13.8. The van der Waals surface area contributed by atoms with Crippen molar-refractivity contribution in [2.75, 3.05) is 62.2 Å². The van der Waals surface area contributed by atoms with Crippen LogP contribution in [0.4, 0.5) is 22.7 Å². The molecule has 0 atom stereocenters. The molecule has 0 spiro atoms. The summed E-state index contributed by atoms with van der Waals surface area (Å²) in [6.45, 7) is 9.02. The number of hydrogen-bond donors (Lipinski definition) is 0. The first-order valence-corrected chi connectivity index (χ1v) is 14.1. The van der Waals surface area contributed by atoms with E-state index in [4.69, 9.17) is 0 Å². The van der Waals surface area contributed by atoms with Gasteiger partial charge in [-0.15, -0.1) is 0 Å². The van der Waals surface area contributed by atoms with Gasteiger partial charge in [-0.05, 0) is 74.5 Å². The Labute approximate surface area is 228 Å². The highest BCUT2D eigenvalue weighted by atomic mass is 15.3. The lowest BCUT2D eigenvalue weighted by Crippen LogP contribution is -2.47. The number of benzene rings is 4. The van der Waals surface area contributed by atoms with Gasteiger partial charge in [-0.2, -0.15) is 0 Å². The molecular weight excluding hydrogens is 464 g/mol. The van der Waals surface area contributed by atoms with Gasteiger partial charge in [0.2, 0.25) is 0 Å². The zero-order chi connectivity index (χ0) is 25.8. The van der Waals surface area contributed by atoms with Crippen molar-refractivity contribution < 1.29 is 0 Å². The lowest BCUT2D eigenvalue weighted by atomic mass is 10.2. The van der Waals surface area contributed by atoms with Gasteiger partial charge in [-0.25, -0.2) is 0 Å². The van der Waals surface area contributed by atoms with Gasteiger partial charge in [0.1, 0.15) is 0 Å². The third kappa shape index (κ3) is 7.25. The van der Waals surface area contributed by atoms with Gasteiger partial charge in [-0.1, -0.05) is 72.8 Å². The number of para-hydroxylation sites is 4. The van der Waals surface area contributed by atoms with Crippen LogP contribution in [-0.2, 0) is 0 Å². The highest BCUT2D eigenvalue weighted by Crippen LogP contribution is 2.26. The molecule has 4 heteroatoms. The highest BCUT2D eigenvalue weighted by Gasteiger charge is 2.18. The quantitative estimate of drug-likeness (QED) is 0.205. The van der Waals surface area contributed by atoms with E-state index < -0.39 is 0 Å². The molecule has 0 radical (unpaired) electrons.